The molecule has 38 heavy (non-hydrogen) atoms. The molecule has 5 rings (SSSR count). The van der Waals surface area contributed by atoms with Gasteiger partial charge in [-0.05, 0) is 61.5 Å². The molecule has 10 heteroatoms. The molecule has 0 bridgehead atoms. The molecule has 0 saturated heterocycles. The summed E-state index contributed by atoms with van der Waals surface area (Å²) in [5.74, 6) is 0.812. The Labute approximate surface area is 219 Å². The number of carbonyl (C=O) groups is 1. The normalized spacial score (nSPS) is 11.6. The highest BCUT2D eigenvalue weighted by molar-refractivity contribution is 7.89. The number of pyridine rings is 1. The van der Waals surface area contributed by atoms with Gasteiger partial charge in [0.25, 0.3) is 5.91 Å². The first-order valence-corrected chi connectivity index (χ1v) is 13.4. The third-order valence-electron chi connectivity index (χ3n) is 6.39. The first kappa shape index (κ1) is 25.2. The van der Waals surface area contributed by atoms with Gasteiger partial charge in [0.1, 0.15) is 16.4 Å². The Bertz CT molecular complexity index is 1810. The van der Waals surface area contributed by atoms with Crippen LogP contribution in [0.25, 0.3) is 33.1 Å². The summed E-state index contributed by atoms with van der Waals surface area (Å²) in [6.07, 6.45) is 1.51. The highest BCUT2D eigenvalue weighted by Crippen LogP contribution is 2.33. The van der Waals surface area contributed by atoms with Crippen molar-refractivity contribution in [3.05, 3.63) is 78.5 Å². The summed E-state index contributed by atoms with van der Waals surface area (Å²) in [5, 5.41) is 9.40. The van der Waals surface area contributed by atoms with Crippen LogP contribution in [0.3, 0.4) is 0 Å². The summed E-state index contributed by atoms with van der Waals surface area (Å²) >= 11 is 0. The van der Waals surface area contributed by atoms with E-state index in [-0.39, 0.29) is 4.90 Å². The van der Waals surface area contributed by atoms with E-state index < -0.39 is 15.9 Å². The number of primary sulfonamides is 1. The SMILES string of the molecule is CCn1cc(S(N)(=O)=O)c2cc(NC(=O)c3cc(-c4ccccc4OC)nc4ccc(OC)cc34)ccc21. The molecule has 2 aromatic heterocycles. The maximum absolute atomic E-state index is 13.7. The fraction of sp³-hybridized carbons (Fsp3) is 0.143. The molecule has 5 aromatic rings. The minimum absolute atomic E-state index is 0.00278. The van der Waals surface area contributed by atoms with Crippen LogP contribution in [0.1, 0.15) is 17.3 Å². The molecule has 0 spiro atoms. The summed E-state index contributed by atoms with van der Waals surface area (Å²) < 4.78 is 37.1. The van der Waals surface area contributed by atoms with E-state index in [4.69, 9.17) is 19.6 Å². The minimum atomic E-state index is -3.96. The Balaban J connectivity index is 1.63. The number of fused-ring (bicyclic) bond motifs is 2. The lowest BCUT2D eigenvalue weighted by atomic mass is 10.0. The minimum Gasteiger partial charge on any atom is -0.497 e. The maximum Gasteiger partial charge on any atom is 0.256 e. The van der Waals surface area contributed by atoms with E-state index in [9.17, 15) is 13.2 Å². The van der Waals surface area contributed by atoms with Crippen molar-refractivity contribution in [3.8, 4) is 22.8 Å². The second-order valence-corrected chi connectivity index (χ2v) is 10.2. The third-order valence-corrected chi connectivity index (χ3v) is 7.33. The molecular weight excluding hydrogens is 504 g/mol. The van der Waals surface area contributed by atoms with Gasteiger partial charge in [-0.1, -0.05) is 12.1 Å². The van der Waals surface area contributed by atoms with Gasteiger partial charge < -0.3 is 19.4 Å². The number of nitrogens with zero attached hydrogens (tertiary/aromatic N) is 2. The van der Waals surface area contributed by atoms with Crippen LogP contribution in [0.5, 0.6) is 11.5 Å². The number of hydrogen-bond acceptors (Lipinski definition) is 6. The van der Waals surface area contributed by atoms with Gasteiger partial charge in [-0.15, -0.1) is 0 Å². The van der Waals surface area contributed by atoms with Crippen molar-refractivity contribution in [2.75, 3.05) is 19.5 Å². The molecule has 0 aliphatic rings. The van der Waals surface area contributed by atoms with Crippen molar-refractivity contribution in [3.63, 3.8) is 0 Å². The zero-order chi connectivity index (χ0) is 27.0. The average Bonchev–Trinajstić information content (AvgIpc) is 3.30. The number of nitrogens with two attached hydrogens (primary N) is 1. The van der Waals surface area contributed by atoms with E-state index in [2.05, 4.69) is 5.32 Å². The predicted molar refractivity (Wildman–Crippen MR) is 147 cm³/mol. The number of aryl methyl sites for hydroxylation is 1. The molecule has 0 aliphatic carbocycles. The highest BCUT2D eigenvalue weighted by Gasteiger charge is 2.20. The second-order valence-electron chi connectivity index (χ2n) is 8.65. The van der Waals surface area contributed by atoms with Crippen molar-refractivity contribution in [1.82, 2.24) is 9.55 Å². The van der Waals surface area contributed by atoms with Crippen LogP contribution in [-0.4, -0.2) is 38.1 Å². The molecule has 2 heterocycles. The van der Waals surface area contributed by atoms with Crippen molar-refractivity contribution < 1.29 is 22.7 Å². The van der Waals surface area contributed by atoms with Crippen molar-refractivity contribution in [2.45, 2.75) is 18.4 Å². The van der Waals surface area contributed by atoms with Gasteiger partial charge in [0.2, 0.25) is 10.0 Å². The monoisotopic (exact) mass is 530 g/mol. The van der Waals surface area contributed by atoms with Crippen LogP contribution < -0.4 is 19.9 Å². The van der Waals surface area contributed by atoms with Gasteiger partial charge >= 0.3 is 0 Å². The number of carbonyl (C=O) groups excluding carboxylic acids is 1. The van der Waals surface area contributed by atoms with Gasteiger partial charge in [-0.3, -0.25) is 4.79 Å². The molecule has 194 valence electrons. The summed E-state index contributed by atoms with van der Waals surface area (Å²) in [6, 6.07) is 19.6. The largest absolute Gasteiger partial charge is 0.497 e. The van der Waals surface area contributed by atoms with E-state index in [1.165, 1.54) is 6.20 Å². The highest BCUT2D eigenvalue weighted by atomic mass is 32.2. The van der Waals surface area contributed by atoms with E-state index in [1.807, 2.05) is 31.2 Å². The van der Waals surface area contributed by atoms with Crippen molar-refractivity contribution >= 4 is 43.4 Å². The van der Waals surface area contributed by atoms with Crippen LogP contribution in [-0.2, 0) is 16.6 Å². The lowest BCUT2D eigenvalue weighted by Gasteiger charge is -2.13. The Morgan fingerprint density at radius 1 is 1.00 bits per heavy atom. The van der Waals surface area contributed by atoms with Crippen LogP contribution in [0.4, 0.5) is 5.69 Å². The lowest BCUT2D eigenvalue weighted by molar-refractivity contribution is 0.102. The number of ether oxygens (including phenoxy) is 2. The number of methoxy groups -OCH3 is 2. The quantitative estimate of drug-likeness (QED) is 0.312. The Hall–Kier alpha value is -4.41. The first-order valence-electron chi connectivity index (χ1n) is 11.8. The molecule has 0 atom stereocenters. The maximum atomic E-state index is 13.7. The topological polar surface area (TPSA) is 126 Å². The number of para-hydroxylation sites is 1. The molecule has 9 nitrogen and oxygen atoms in total. The molecule has 0 radical (unpaired) electrons. The van der Waals surface area contributed by atoms with Crippen LogP contribution in [0, 0.1) is 0 Å². The fourth-order valence-electron chi connectivity index (χ4n) is 4.54. The molecule has 0 saturated carbocycles. The van der Waals surface area contributed by atoms with E-state index in [1.54, 1.807) is 61.3 Å². The van der Waals surface area contributed by atoms with Gasteiger partial charge in [0.05, 0.1) is 31.0 Å². The summed E-state index contributed by atoms with van der Waals surface area (Å²) in [4.78, 5) is 18.5. The molecule has 0 unspecified atom stereocenters. The zero-order valence-electron chi connectivity index (χ0n) is 21.1. The number of hydrogen-bond donors (Lipinski definition) is 2. The Kier molecular flexibility index (Phi) is 6.52. The molecular formula is C28H26N4O5S. The number of anilines is 1. The number of nitrogens with one attached hydrogen (secondary N) is 1. The van der Waals surface area contributed by atoms with Gasteiger partial charge in [0, 0.05) is 40.3 Å². The molecule has 1 amide bonds. The van der Waals surface area contributed by atoms with Crippen molar-refractivity contribution in [1.29, 1.82) is 0 Å². The predicted octanol–water partition coefficient (Wildman–Crippen LogP) is 4.79. The summed E-state index contributed by atoms with van der Waals surface area (Å²) in [7, 11) is -0.830. The fourth-order valence-corrected chi connectivity index (χ4v) is 5.29. The zero-order valence-corrected chi connectivity index (χ0v) is 21.9. The number of sulfonamides is 1. The second kappa shape index (κ2) is 9.81. The van der Waals surface area contributed by atoms with Crippen molar-refractivity contribution in [2.24, 2.45) is 5.14 Å². The first-order chi connectivity index (χ1) is 18.2. The summed E-state index contributed by atoms with van der Waals surface area (Å²) in [5.41, 5.74) is 3.40. The smallest absolute Gasteiger partial charge is 0.256 e. The number of benzene rings is 3. The molecule has 3 N–H and O–H groups in total. The Morgan fingerprint density at radius 2 is 1.79 bits per heavy atom. The standard InChI is InChI=1S/C28H26N4O5S/c1-4-32-16-27(38(29,34)35)22-13-17(9-12-25(22)32)30-28(33)21-15-24(19-7-5-6-8-26(19)37-3)31-23-11-10-18(36-2)14-20(21)23/h5-16H,4H2,1-3H3,(H,30,33)(H2,29,34,35). The third kappa shape index (κ3) is 4.55. The molecule has 0 fully saturated rings. The average molecular weight is 531 g/mol. The van der Waals surface area contributed by atoms with Gasteiger partial charge in [0.15, 0.2) is 0 Å². The summed E-state index contributed by atoms with van der Waals surface area (Å²) in [6.45, 7) is 2.47. The van der Waals surface area contributed by atoms with E-state index in [0.717, 1.165) is 5.56 Å². The van der Waals surface area contributed by atoms with Crippen LogP contribution in [0.15, 0.2) is 77.8 Å². The number of amides is 1. The van der Waals surface area contributed by atoms with Gasteiger partial charge in [-0.25, -0.2) is 18.5 Å². The van der Waals surface area contributed by atoms with E-state index >= 15 is 0 Å². The lowest BCUT2D eigenvalue weighted by Crippen LogP contribution is -2.14. The molecule has 0 aliphatic heterocycles. The number of rotatable bonds is 7. The number of aromatic nitrogens is 2. The van der Waals surface area contributed by atoms with Gasteiger partial charge in [-0.2, -0.15) is 0 Å². The van der Waals surface area contributed by atoms with E-state index in [0.29, 0.717) is 56.8 Å². The Morgan fingerprint density at radius 3 is 2.50 bits per heavy atom. The van der Waals surface area contributed by atoms with Crippen LogP contribution >= 0.6 is 0 Å². The molecule has 3 aromatic carbocycles. The van der Waals surface area contributed by atoms with Crippen LogP contribution in [0.2, 0.25) is 0 Å².